The molecule has 0 amide bonds. The number of aromatic nitrogens is 2. The molecular weight excluding hydrogens is 384 g/mol. The zero-order valence-corrected chi connectivity index (χ0v) is 16.4. The Kier molecular flexibility index (Phi) is 5.02. The highest BCUT2D eigenvalue weighted by Crippen LogP contribution is 2.23. The van der Waals surface area contributed by atoms with Crippen LogP contribution in [0.4, 0.5) is 0 Å². The van der Waals surface area contributed by atoms with E-state index in [0.717, 1.165) is 11.1 Å². The normalized spacial score (nSPS) is 10.9. The molecule has 150 valence electrons. The van der Waals surface area contributed by atoms with Gasteiger partial charge in [-0.05, 0) is 37.6 Å². The molecule has 0 saturated heterocycles. The molecule has 0 aliphatic carbocycles. The highest BCUT2D eigenvalue weighted by Gasteiger charge is 2.15. The van der Waals surface area contributed by atoms with Crippen LogP contribution in [0.3, 0.4) is 0 Å². The van der Waals surface area contributed by atoms with Crippen molar-refractivity contribution in [1.29, 1.82) is 0 Å². The molecule has 7 nitrogen and oxygen atoms in total. The maximum Gasteiger partial charge on any atom is 0.374 e. The van der Waals surface area contributed by atoms with Gasteiger partial charge in [0.15, 0.2) is 5.78 Å². The van der Waals surface area contributed by atoms with E-state index in [2.05, 4.69) is 4.98 Å². The first-order chi connectivity index (χ1) is 14.4. The van der Waals surface area contributed by atoms with Crippen molar-refractivity contribution in [2.45, 2.75) is 20.5 Å². The zero-order chi connectivity index (χ0) is 21.3. The molecule has 4 rings (SSSR count). The van der Waals surface area contributed by atoms with Crippen molar-refractivity contribution < 1.29 is 18.7 Å². The van der Waals surface area contributed by atoms with Gasteiger partial charge in [0, 0.05) is 23.4 Å². The second-order valence-electron chi connectivity index (χ2n) is 6.84. The Morgan fingerprint density at radius 3 is 2.60 bits per heavy atom. The molecule has 0 bridgehead atoms. The fourth-order valence-corrected chi connectivity index (χ4v) is 3.07. The van der Waals surface area contributed by atoms with E-state index in [1.807, 2.05) is 13.0 Å². The number of aryl methyl sites for hydroxylation is 1. The molecule has 0 radical (unpaired) electrons. The number of esters is 1. The molecule has 1 aromatic carbocycles. The maximum absolute atomic E-state index is 12.3. The van der Waals surface area contributed by atoms with Crippen molar-refractivity contribution in [3.63, 3.8) is 0 Å². The predicted molar refractivity (Wildman–Crippen MR) is 109 cm³/mol. The number of pyridine rings is 1. The number of hydrogen-bond donors (Lipinski definition) is 0. The van der Waals surface area contributed by atoms with E-state index in [-0.39, 0.29) is 23.7 Å². The summed E-state index contributed by atoms with van der Waals surface area (Å²) >= 11 is 0. The zero-order valence-electron chi connectivity index (χ0n) is 16.4. The molecule has 0 aliphatic heterocycles. The number of rotatable bonds is 5. The molecule has 0 saturated carbocycles. The predicted octanol–water partition coefficient (Wildman–Crippen LogP) is 3.82. The first-order valence-electron chi connectivity index (χ1n) is 9.28. The van der Waals surface area contributed by atoms with Gasteiger partial charge in [0.1, 0.15) is 18.0 Å². The van der Waals surface area contributed by atoms with Crippen LogP contribution in [0.5, 0.6) is 0 Å². The van der Waals surface area contributed by atoms with Crippen molar-refractivity contribution in [2.75, 3.05) is 0 Å². The van der Waals surface area contributed by atoms with Crippen LogP contribution in [-0.4, -0.2) is 21.1 Å². The quantitative estimate of drug-likeness (QED) is 0.372. The van der Waals surface area contributed by atoms with E-state index in [1.54, 1.807) is 42.6 Å². The van der Waals surface area contributed by atoms with Gasteiger partial charge in [-0.25, -0.2) is 9.78 Å². The Bertz CT molecular complexity index is 1320. The number of benzene rings is 1. The van der Waals surface area contributed by atoms with Crippen molar-refractivity contribution >= 4 is 17.4 Å². The Hall–Kier alpha value is -4.00. The van der Waals surface area contributed by atoms with Crippen LogP contribution in [0, 0.1) is 6.92 Å². The summed E-state index contributed by atoms with van der Waals surface area (Å²) in [6.45, 7) is 3.20. The third-order valence-electron chi connectivity index (χ3n) is 4.67. The third-order valence-corrected chi connectivity index (χ3v) is 4.67. The number of carbonyl (C=O) groups excluding carboxylic acids is 2. The second kappa shape index (κ2) is 7.79. The molecule has 0 N–H and O–H groups in total. The minimum Gasteiger partial charge on any atom is -0.453 e. The highest BCUT2D eigenvalue weighted by atomic mass is 16.5. The Morgan fingerprint density at radius 2 is 1.87 bits per heavy atom. The summed E-state index contributed by atoms with van der Waals surface area (Å²) < 4.78 is 12.3. The lowest BCUT2D eigenvalue weighted by Crippen LogP contribution is -2.17. The van der Waals surface area contributed by atoms with Crippen molar-refractivity contribution in [2.24, 2.45) is 0 Å². The number of carbonyl (C=O) groups is 2. The molecule has 0 spiro atoms. The van der Waals surface area contributed by atoms with Gasteiger partial charge < -0.3 is 9.15 Å². The van der Waals surface area contributed by atoms with Crippen LogP contribution in [0.25, 0.3) is 17.0 Å². The summed E-state index contributed by atoms with van der Waals surface area (Å²) in [5.41, 5.74) is 2.80. The Morgan fingerprint density at radius 1 is 1.10 bits per heavy atom. The Labute approximate surface area is 171 Å². The van der Waals surface area contributed by atoms with Gasteiger partial charge in [-0.15, -0.1) is 0 Å². The van der Waals surface area contributed by atoms with Crippen LogP contribution < -0.4 is 5.56 Å². The van der Waals surface area contributed by atoms with Gasteiger partial charge in [-0.1, -0.05) is 30.3 Å². The van der Waals surface area contributed by atoms with Crippen LogP contribution in [0.1, 0.15) is 39.1 Å². The van der Waals surface area contributed by atoms with E-state index in [0.29, 0.717) is 22.7 Å². The molecule has 3 heterocycles. The molecule has 0 unspecified atom stereocenters. The average molecular weight is 402 g/mol. The summed E-state index contributed by atoms with van der Waals surface area (Å²) in [5, 5.41) is 0. The van der Waals surface area contributed by atoms with Gasteiger partial charge in [-0.2, -0.15) is 0 Å². The maximum atomic E-state index is 12.3. The van der Waals surface area contributed by atoms with Crippen LogP contribution in [0.2, 0.25) is 0 Å². The molecule has 0 fully saturated rings. The monoisotopic (exact) mass is 402 g/mol. The summed E-state index contributed by atoms with van der Waals surface area (Å²) in [4.78, 5) is 40.4. The first-order valence-corrected chi connectivity index (χ1v) is 9.28. The Balaban J connectivity index is 1.49. The molecular formula is C23H18N2O5. The summed E-state index contributed by atoms with van der Waals surface area (Å²) in [6, 6.07) is 15.0. The number of fused-ring (bicyclic) bond motifs is 1. The largest absolute Gasteiger partial charge is 0.453 e. The third kappa shape index (κ3) is 3.77. The fraction of sp³-hybridized carbons (Fsp3) is 0.130. The smallest absolute Gasteiger partial charge is 0.374 e. The molecule has 0 atom stereocenters. The van der Waals surface area contributed by atoms with E-state index in [4.69, 9.17) is 9.15 Å². The van der Waals surface area contributed by atoms with Crippen molar-refractivity contribution in [1.82, 2.24) is 9.38 Å². The molecule has 4 aromatic rings. The van der Waals surface area contributed by atoms with E-state index >= 15 is 0 Å². The van der Waals surface area contributed by atoms with Crippen molar-refractivity contribution in [3.05, 3.63) is 93.7 Å². The number of nitrogens with zero attached hydrogens (tertiary/aromatic N) is 2. The number of ether oxygens (including phenoxy) is 1. The van der Waals surface area contributed by atoms with Gasteiger partial charge in [-0.3, -0.25) is 14.0 Å². The van der Waals surface area contributed by atoms with Gasteiger partial charge in [0.25, 0.3) is 5.56 Å². The lowest BCUT2D eigenvalue weighted by molar-refractivity contribution is 0.0432. The van der Waals surface area contributed by atoms with Crippen molar-refractivity contribution in [3.8, 4) is 11.3 Å². The fourth-order valence-electron chi connectivity index (χ4n) is 3.07. The number of furan rings is 1. The molecule has 7 heteroatoms. The topological polar surface area (TPSA) is 90.9 Å². The van der Waals surface area contributed by atoms with Crippen LogP contribution in [-0.2, 0) is 11.3 Å². The second-order valence-corrected chi connectivity index (χ2v) is 6.84. The number of ketones is 1. The molecule has 30 heavy (non-hydrogen) atoms. The standard InChI is InChI=1S/C23H18N2O5/c1-14-4-3-11-25-21(27)12-18(24-22(14)25)13-29-23(28)20-10-9-19(30-20)17-7-5-16(6-8-17)15(2)26/h3-12H,13H2,1-2H3. The van der Waals surface area contributed by atoms with E-state index in [9.17, 15) is 14.4 Å². The molecule has 0 aliphatic rings. The summed E-state index contributed by atoms with van der Waals surface area (Å²) in [7, 11) is 0. The summed E-state index contributed by atoms with van der Waals surface area (Å²) in [5.74, 6) is -0.167. The lowest BCUT2D eigenvalue weighted by atomic mass is 10.1. The minimum absolute atomic E-state index is 0.0256. The van der Waals surface area contributed by atoms with Gasteiger partial charge in [0.05, 0.1) is 5.69 Å². The van der Waals surface area contributed by atoms with Gasteiger partial charge >= 0.3 is 5.97 Å². The minimum atomic E-state index is -0.659. The van der Waals surface area contributed by atoms with E-state index in [1.165, 1.54) is 23.5 Å². The number of Topliss-reactive ketones (excluding diaryl/α,β-unsaturated/α-hetero) is 1. The highest BCUT2D eigenvalue weighted by molar-refractivity contribution is 5.94. The average Bonchev–Trinajstić information content (AvgIpc) is 3.23. The lowest BCUT2D eigenvalue weighted by Gasteiger charge is -2.06. The van der Waals surface area contributed by atoms with Gasteiger partial charge in [0.2, 0.25) is 5.76 Å². The SMILES string of the molecule is CC(=O)c1ccc(-c2ccc(C(=O)OCc3cc(=O)n4cccc(C)c4n3)o2)cc1. The van der Waals surface area contributed by atoms with E-state index < -0.39 is 5.97 Å². The number of hydrogen-bond acceptors (Lipinski definition) is 6. The molecule has 3 aromatic heterocycles. The van der Waals surface area contributed by atoms with Crippen LogP contribution >= 0.6 is 0 Å². The first kappa shape index (κ1) is 19.3. The summed E-state index contributed by atoms with van der Waals surface area (Å²) in [6.07, 6.45) is 1.64. The van der Waals surface area contributed by atoms with Crippen LogP contribution in [0.15, 0.2) is 70.0 Å².